The number of methoxy groups -OCH3 is 1. The molecule has 0 aromatic heterocycles. The summed E-state index contributed by atoms with van der Waals surface area (Å²) in [5.74, 6) is 0.330. The number of ether oxygens (including phenoxy) is 1. The quantitative estimate of drug-likeness (QED) is 0.725. The molecule has 2 aromatic rings. The molecule has 0 aliphatic heterocycles. The summed E-state index contributed by atoms with van der Waals surface area (Å²) in [4.78, 5) is 12.4. The van der Waals surface area contributed by atoms with E-state index in [1.807, 2.05) is 19.1 Å². The van der Waals surface area contributed by atoms with E-state index < -0.39 is 15.9 Å². The number of nitrogens with zero attached hydrogens (tertiary/aromatic N) is 1. The van der Waals surface area contributed by atoms with E-state index in [1.54, 1.807) is 43.5 Å². The normalized spacial score (nSPS) is 12.6. The average molecular weight is 411 g/mol. The maximum atomic E-state index is 12.4. The second-order valence-corrected chi connectivity index (χ2v) is 8.57. The SMILES string of the molecule is COc1ccc([C@@H](C)NC(=O)CN(Cc2ccccc2Cl)S(C)(=O)=O)cc1. The zero-order chi connectivity index (χ0) is 20.0. The summed E-state index contributed by atoms with van der Waals surface area (Å²) >= 11 is 6.11. The molecule has 0 spiro atoms. The number of carbonyl (C=O) groups is 1. The van der Waals surface area contributed by atoms with Gasteiger partial charge in [-0.2, -0.15) is 4.31 Å². The zero-order valence-electron chi connectivity index (χ0n) is 15.5. The smallest absolute Gasteiger partial charge is 0.235 e. The van der Waals surface area contributed by atoms with E-state index in [9.17, 15) is 13.2 Å². The Bertz CT molecular complexity index is 885. The Balaban J connectivity index is 2.06. The number of sulfonamides is 1. The fourth-order valence-electron chi connectivity index (χ4n) is 2.53. The Morgan fingerprint density at radius 1 is 1.19 bits per heavy atom. The largest absolute Gasteiger partial charge is 0.497 e. The third-order valence-corrected chi connectivity index (χ3v) is 5.65. The van der Waals surface area contributed by atoms with Gasteiger partial charge in [-0.1, -0.05) is 41.9 Å². The Kier molecular flexibility index (Phi) is 7.24. The van der Waals surface area contributed by atoms with E-state index in [1.165, 1.54) is 0 Å². The number of rotatable bonds is 8. The molecule has 146 valence electrons. The lowest BCUT2D eigenvalue weighted by Crippen LogP contribution is -2.40. The van der Waals surface area contributed by atoms with Gasteiger partial charge in [0.05, 0.1) is 26.0 Å². The van der Waals surface area contributed by atoms with Crippen molar-refractivity contribution in [3.63, 3.8) is 0 Å². The van der Waals surface area contributed by atoms with Crippen molar-refractivity contribution in [3.05, 3.63) is 64.7 Å². The number of nitrogens with one attached hydrogen (secondary N) is 1. The summed E-state index contributed by atoms with van der Waals surface area (Å²) in [6.07, 6.45) is 1.07. The molecule has 2 rings (SSSR count). The summed E-state index contributed by atoms with van der Waals surface area (Å²) in [7, 11) is -2.00. The molecular weight excluding hydrogens is 388 g/mol. The molecule has 0 saturated heterocycles. The molecule has 2 aromatic carbocycles. The van der Waals surface area contributed by atoms with Crippen LogP contribution in [0.2, 0.25) is 5.02 Å². The molecule has 0 saturated carbocycles. The van der Waals surface area contributed by atoms with Crippen molar-refractivity contribution in [1.29, 1.82) is 0 Å². The van der Waals surface area contributed by atoms with Crippen LogP contribution in [0, 0.1) is 0 Å². The van der Waals surface area contributed by atoms with Crippen LogP contribution in [0.15, 0.2) is 48.5 Å². The average Bonchev–Trinajstić information content (AvgIpc) is 2.62. The van der Waals surface area contributed by atoms with E-state index in [0.717, 1.165) is 21.9 Å². The van der Waals surface area contributed by atoms with Gasteiger partial charge in [-0.3, -0.25) is 4.79 Å². The highest BCUT2D eigenvalue weighted by atomic mass is 35.5. The standard InChI is InChI=1S/C19H23ClN2O4S/c1-14(15-8-10-17(26-2)11-9-15)21-19(23)13-22(27(3,24)25)12-16-6-4-5-7-18(16)20/h4-11,14H,12-13H2,1-3H3,(H,21,23)/t14-/m1/s1. The number of hydrogen-bond donors (Lipinski definition) is 1. The Hall–Kier alpha value is -2.09. The molecule has 1 amide bonds. The van der Waals surface area contributed by atoms with Crippen molar-refractivity contribution in [2.45, 2.75) is 19.5 Å². The van der Waals surface area contributed by atoms with Gasteiger partial charge in [-0.25, -0.2) is 8.42 Å². The summed E-state index contributed by atoms with van der Waals surface area (Å²) in [5, 5.41) is 3.27. The van der Waals surface area contributed by atoms with Crippen LogP contribution in [-0.2, 0) is 21.4 Å². The highest BCUT2D eigenvalue weighted by molar-refractivity contribution is 7.88. The fourth-order valence-corrected chi connectivity index (χ4v) is 3.45. The van der Waals surface area contributed by atoms with Crippen LogP contribution < -0.4 is 10.1 Å². The lowest BCUT2D eigenvalue weighted by atomic mass is 10.1. The first kappa shape index (κ1) is 21.2. The third kappa shape index (κ3) is 6.23. The second kappa shape index (κ2) is 9.21. The number of benzene rings is 2. The van der Waals surface area contributed by atoms with Crippen molar-refractivity contribution < 1.29 is 17.9 Å². The van der Waals surface area contributed by atoms with E-state index in [2.05, 4.69) is 5.32 Å². The van der Waals surface area contributed by atoms with Gasteiger partial charge in [0, 0.05) is 11.6 Å². The molecule has 27 heavy (non-hydrogen) atoms. The number of carbonyl (C=O) groups excluding carboxylic acids is 1. The number of amides is 1. The molecule has 6 nitrogen and oxygen atoms in total. The Labute approximate surface area is 165 Å². The number of hydrogen-bond acceptors (Lipinski definition) is 4. The molecule has 0 fully saturated rings. The molecule has 0 heterocycles. The fraction of sp³-hybridized carbons (Fsp3) is 0.316. The zero-order valence-corrected chi connectivity index (χ0v) is 17.0. The predicted octanol–water partition coefficient (Wildman–Crippen LogP) is 2.99. The topological polar surface area (TPSA) is 75.7 Å². The third-order valence-electron chi connectivity index (χ3n) is 4.09. The van der Waals surface area contributed by atoms with E-state index in [-0.39, 0.29) is 19.1 Å². The summed E-state index contributed by atoms with van der Waals surface area (Å²) in [5.41, 5.74) is 1.53. The highest BCUT2D eigenvalue weighted by Crippen LogP contribution is 2.19. The van der Waals surface area contributed by atoms with Gasteiger partial charge in [0.15, 0.2) is 0 Å². The van der Waals surface area contributed by atoms with Crippen molar-refractivity contribution in [3.8, 4) is 5.75 Å². The lowest BCUT2D eigenvalue weighted by Gasteiger charge is -2.22. The van der Waals surface area contributed by atoms with Gasteiger partial charge in [-0.05, 0) is 36.2 Å². The van der Waals surface area contributed by atoms with Gasteiger partial charge in [0.25, 0.3) is 0 Å². The molecule has 0 unspecified atom stereocenters. The minimum Gasteiger partial charge on any atom is -0.497 e. The molecule has 0 bridgehead atoms. The molecule has 0 aliphatic carbocycles. The molecule has 0 aliphatic rings. The van der Waals surface area contributed by atoms with Crippen LogP contribution >= 0.6 is 11.6 Å². The number of halogens is 1. The van der Waals surface area contributed by atoms with E-state index >= 15 is 0 Å². The first-order valence-electron chi connectivity index (χ1n) is 8.32. The van der Waals surface area contributed by atoms with Gasteiger partial charge >= 0.3 is 0 Å². The minimum absolute atomic E-state index is 0.0306. The summed E-state index contributed by atoms with van der Waals surface area (Å²) in [6.45, 7) is 1.58. The van der Waals surface area contributed by atoms with Crippen LogP contribution in [0.3, 0.4) is 0 Å². The van der Waals surface area contributed by atoms with Crippen LogP contribution in [0.4, 0.5) is 0 Å². The molecule has 1 N–H and O–H groups in total. The van der Waals surface area contributed by atoms with E-state index in [0.29, 0.717) is 10.6 Å². The molecular formula is C19H23ClN2O4S. The minimum atomic E-state index is -3.59. The van der Waals surface area contributed by atoms with Crippen LogP contribution in [-0.4, -0.2) is 38.5 Å². The maximum absolute atomic E-state index is 12.4. The van der Waals surface area contributed by atoms with E-state index in [4.69, 9.17) is 16.3 Å². The van der Waals surface area contributed by atoms with Crippen LogP contribution in [0.25, 0.3) is 0 Å². The molecule has 1 atom stereocenters. The Morgan fingerprint density at radius 2 is 1.81 bits per heavy atom. The van der Waals surface area contributed by atoms with Gasteiger partial charge in [-0.15, -0.1) is 0 Å². The first-order valence-corrected chi connectivity index (χ1v) is 10.5. The monoisotopic (exact) mass is 410 g/mol. The summed E-state index contributed by atoms with van der Waals surface area (Å²) in [6, 6.07) is 14.0. The highest BCUT2D eigenvalue weighted by Gasteiger charge is 2.22. The molecule has 8 heteroatoms. The Morgan fingerprint density at radius 3 is 2.37 bits per heavy atom. The van der Waals surface area contributed by atoms with Crippen LogP contribution in [0.1, 0.15) is 24.1 Å². The predicted molar refractivity (Wildman–Crippen MR) is 106 cm³/mol. The lowest BCUT2D eigenvalue weighted by molar-refractivity contribution is -0.122. The van der Waals surface area contributed by atoms with Crippen molar-refractivity contribution in [1.82, 2.24) is 9.62 Å². The van der Waals surface area contributed by atoms with Crippen LogP contribution in [0.5, 0.6) is 5.75 Å². The molecule has 0 radical (unpaired) electrons. The first-order chi connectivity index (χ1) is 12.7. The van der Waals surface area contributed by atoms with Gasteiger partial charge in [0.1, 0.15) is 5.75 Å². The van der Waals surface area contributed by atoms with Crippen molar-refractivity contribution in [2.75, 3.05) is 19.9 Å². The van der Waals surface area contributed by atoms with Crippen molar-refractivity contribution >= 4 is 27.5 Å². The second-order valence-electron chi connectivity index (χ2n) is 6.18. The summed E-state index contributed by atoms with van der Waals surface area (Å²) < 4.78 is 30.4. The van der Waals surface area contributed by atoms with Gasteiger partial charge in [0.2, 0.25) is 15.9 Å². The van der Waals surface area contributed by atoms with Crippen molar-refractivity contribution in [2.24, 2.45) is 0 Å². The van der Waals surface area contributed by atoms with Gasteiger partial charge < -0.3 is 10.1 Å². The maximum Gasteiger partial charge on any atom is 0.235 e.